The molecule has 0 amide bonds. The van der Waals surface area contributed by atoms with Gasteiger partial charge in [-0.1, -0.05) is 0 Å². The zero-order valence-corrected chi connectivity index (χ0v) is 6.89. The van der Waals surface area contributed by atoms with Gasteiger partial charge in [-0.05, 0) is 24.7 Å². The number of hydrogen-bond donors (Lipinski definition) is 1. The van der Waals surface area contributed by atoms with Gasteiger partial charge in [-0.15, -0.1) is 0 Å². The number of hydrogen-bond acceptors (Lipinski definition) is 2. The minimum absolute atomic E-state index is 0.0281. The van der Waals surface area contributed by atoms with Gasteiger partial charge in [0.1, 0.15) is 11.6 Å². The van der Waals surface area contributed by atoms with Crippen LogP contribution >= 0.6 is 0 Å². The molecule has 0 heterocycles. The van der Waals surface area contributed by atoms with E-state index in [0.29, 0.717) is 0 Å². The topological polar surface area (TPSA) is 43.1 Å². The molecule has 0 unspecified atom stereocenters. The van der Waals surface area contributed by atoms with Crippen LogP contribution < -0.4 is 5.73 Å². The number of nitrogens with two attached hydrogens (primary N) is 1. The first-order valence-corrected chi connectivity index (χ1v) is 3.83. The van der Waals surface area contributed by atoms with Gasteiger partial charge in [0.15, 0.2) is 5.78 Å². The Morgan fingerprint density at radius 1 is 1.38 bits per heavy atom. The van der Waals surface area contributed by atoms with Crippen LogP contribution in [0, 0.1) is 11.6 Å². The highest BCUT2D eigenvalue weighted by Gasteiger charge is 2.11. The first-order valence-electron chi connectivity index (χ1n) is 3.83. The lowest BCUT2D eigenvalue weighted by Crippen LogP contribution is -2.10. The Balaban J connectivity index is 2.99. The van der Waals surface area contributed by atoms with E-state index in [1.807, 2.05) is 0 Å². The third-order valence-electron chi connectivity index (χ3n) is 1.60. The van der Waals surface area contributed by atoms with Gasteiger partial charge in [0, 0.05) is 6.42 Å². The molecule has 0 aliphatic heterocycles. The minimum atomic E-state index is -0.708. The highest BCUT2D eigenvalue weighted by Crippen LogP contribution is 2.11. The first kappa shape index (κ1) is 9.80. The fraction of sp³-hybridized carbons (Fsp3) is 0.222. The molecular formula is C9H9F2NO. The number of rotatable bonds is 3. The quantitative estimate of drug-likeness (QED) is 0.725. The zero-order valence-electron chi connectivity index (χ0n) is 6.89. The number of halogens is 2. The second-order valence-electron chi connectivity index (χ2n) is 2.59. The summed E-state index contributed by atoms with van der Waals surface area (Å²) in [7, 11) is 0. The predicted octanol–water partition coefficient (Wildman–Crippen LogP) is 1.50. The van der Waals surface area contributed by atoms with Crippen molar-refractivity contribution in [3.8, 4) is 0 Å². The van der Waals surface area contributed by atoms with E-state index in [0.717, 1.165) is 18.2 Å². The SMILES string of the molecule is NCCC(=O)c1cc(F)ccc1F. The van der Waals surface area contributed by atoms with E-state index in [1.165, 1.54) is 0 Å². The van der Waals surface area contributed by atoms with Crippen LogP contribution in [0.3, 0.4) is 0 Å². The van der Waals surface area contributed by atoms with Crippen LogP contribution in [0.1, 0.15) is 16.8 Å². The predicted molar refractivity (Wildman–Crippen MR) is 44.4 cm³/mol. The molecule has 70 valence electrons. The molecule has 1 aromatic rings. The molecule has 2 N–H and O–H groups in total. The molecule has 0 spiro atoms. The van der Waals surface area contributed by atoms with Crippen molar-refractivity contribution in [3.05, 3.63) is 35.4 Å². The summed E-state index contributed by atoms with van der Waals surface area (Å²) in [4.78, 5) is 11.1. The lowest BCUT2D eigenvalue weighted by molar-refractivity contribution is 0.0981. The molecule has 0 aliphatic rings. The van der Waals surface area contributed by atoms with E-state index >= 15 is 0 Å². The van der Waals surface area contributed by atoms with Crippen molar-refractivity contribution in [2.45, 2.75) is 6.42 Å². The number of carbonyl (C=O) groups excluding carboxylic acids is 1. The molecule has 0 fully saturated rings. The number of carbonyl (C=O) groups is 1. The summed E-state index contributed by atoms with van der Waals surface area (Å²) in [6.07, 6.45) is 0.0281. The van der Waals surface area contributed by atoms with E-state index in [-0.39, 0.29) is 18.5 Å². The number of Topliss-reactive ketones (excluding diaryl/α,β-unsaturated/α-hetero) is 1. The second kappa shape index (κ2) is 4.09. The summed E-state index contributed by atoms with van der Waals surface area (Å²) in [5, 5.41) is 0. The first-order chi connectivity index (χ1) is 6.15. The van der Waals surface area contributed by atoms with Crippen molar-refractivity contribution in [2.24, 2.45) is 5.73 Å². The second-order valence-corrected chi connectivity index (χ2v) is 2.59. The summed E-state index contributed by atoms with van der Waals surface area (Å²) in [6.45, 7) is 0.134. The zero-order chi connectivity index (χ0) is 9.84. The Bertz CT molecular complexity index is 325. The molecule has 1 rings (SSSR count). The van der Waals surface area contributed by atoms with Crippen molar-refractivity contribution in [1.82, 2.24) is 0 Å². The van der Waals surface area contributed by atoms with Crippen LogP contribution in [-0.4, -0.2) is 12.3 Å². The molecule has 0 atom stereocenters. The van der Waals surface area contributed by atoms with Crippen molar-refractivity contribution >= 4 is 5.78 Å². The van der Waals surface area contributed by atoms with E-state index in [2.05, 4.69) is 0 Å². The van der Waals surface area contributed by atoms with Gasteiger partial charge in [0.25, 0.3) is 0 Å². The lowest BCUT2D eigenvalue weighted by Gasteiger charge is -2.00. The Morgan fingerprint density at radius 3 is 2.69 bits per heavy atom. The molecule has 0 aromatic heterocycles. The average molecular weight is 185 g/mol. The summed E-state index contributed by atoms with van der Waals surface area (Å²) in [5.74, 6) is -1.80. The molecule has 0 saturated heterocycles. The smallest absolute Gasteiger partial charge is 0.167 e. The molecular weight excluding hydrogens is 176 g/mol. The monoisotopic (exact) mass is 185 g/mol. The molecule has 13 heavy (non-hydrogen) atoms. The van der Waals surface area contributed by atoms with E-state index in [4.69, 9.17) is 5.73 Å². The minimum Gasteiger partial charge on any atom is -0.330 e. The van der Waals surface area contributed by atoms with E-state index in [1.54, 1.807) is 0 Å². The molecule has 2 nitrogen and oxygen atoms in total. The van der Waals surface area contributed by atoms with Gasteiger partial charge in [-0.25, -0.2) is 8.78 Å². The fourth-order valence-corrected chi connectivity index (χ4v) is 0.977. The molecule has 0 saturated carbocycles. The van der Waals surface area contributed by atoms with Gasteiger partial charge in [0.2, 0.25) is 0 Å². The number of ketones is 1. The van der Waals surface area contributed by atoms with E-state index in [9.17, 15) is 13.6 Å². The molecule has 0 radical (unpaired) electrons. The maximum absolute atomic E-state index is 12.9. The average Bonchev–Trinajstić information content (AvgIpc) is 2.09. The maximum atomic E-state index is 12.9. The van der Waals surface area contributed by atoms with Crippen molar-refractivity contribution in [1.29, 1.82) is 0 Å². The van der Waals surface area contributed by atoms with Gasteiger partial charge in [-0.3, -0.25) is 4.79 Å². The summed E-state index contributed by atoms with van der Waals surface area (Å²) in [6, 6.07) is 2.78. The van der Waals surface area contributed by atoms with Crippen LogP contribution in [0.15, 0.2) is 18.2 Å². The normalized spacial score (nSPS) is 10.1. The van der Waals surface area contributed by atoms with Gasteiger partial charge in [-0.2, -0.15) is 0 Å². The van der Waals surface area contributed by atoms with Crippen LogP contribution in [0.25, 0.3) is 0 Å². The van der Waals surface area contributed by atoms with Crippen molar-refractivity contribution in [2.75, 3.05) is 6.54 Å². The van der Waals surface area contributed by atoms with Gasteiger partial charge < -0.3 is 5.73 Å². The van der Waals surface area contributed by atoms with Crippen LogP contribution in [0.5, 0.6) is 0 Å². The molecule has 4 heteroatoms. The van der Waals surface area contributed by atoms with Crippen LogP contribution in [0.2, 0.25) is 0 Å². The lowest BCUT2D eigenvalue weighted by atomic mass is 10.1. The standard InChI is InChI=1S/C9H9F2NO/c10-6-1-2-8(11)7(5-6)9(13)3-4-12/h1-2,5H,3-4,12H2. The summed E-state index contributed by atoms with van der Waals surface area (Å²) in [5.41, 5.74) is 4.89. The maximum Gasteiger partial charge on any atom is 0.167 e. The van der Waals surface area contributed by atoms with E-state index < -0.39 is 17.4 Å². The van der Waals surface area contributed by atoms with Crippen LogP contribution in [-0.2, 0) is 0 Å². The summed E-state index contributed by atoms with van der Waals surface area (Å²) < 4.78 is 25.5. The van der Waals surface area contributed by atoms with Gasteiger partial charge >= 0.3 is 0 Å². The third-order valence-corrected chi connectivity index (χ3v) is 1.60. The molecule has 0 bridgehead atoms. The van der Waals surface area contributed by atoms with Crippen molar-refractivity contribution in [3.63, 3.8) is 0 Å². The molecule has 1 aromatic carbocycles. The Hall–Kier alpha value is -1.29. The Morgan fingerprint density at radius 2 is 2.08 bits per heavy atom. The summed E-state index contributed by atoms with van der Waals surface area (Å²) >= 11 is 0. The number of benzene rings is 1. The van der Waals surface area contributed by atoms with Gasteiger partial charge in [0.05, 0.1) is 5.56 Å². The van der Waals surface area contributed by atoms with Crippen molar-refractivity contribution < 1.29 is 13.6 Å². The largest absolute Gasteiger partial charge is 0.330 e. The van der Waals surface area contributed by atoms with Crippen LogP contribution in [0.4, 0.5) is 8.78 Å². The third kappa shape index (κ3) is 2.32. The highest BCUT2D eigenvalue weighted by molar-refractivity contribution is 5.96. The Kier molecular flexibility index (Phi) is 3.08. The highest BCUT2D eigenvalue weighted by atomic mass is 19.1. The fourth-order valence-electron chi connectivity index (χ4n) is 0.977. The Labute approximate surface area is 74.4 Å². The molecule has 0 aliphatic carbocycles.